The predicted molar refractivity (Wildman–Crippen MR) is 76.5 cm³/mol. The molecule has 0 rings (SSSR count). The zero-order valence-corrected chi connectivity index (χ0v) is 12.9. The highest BCUT2D eigenvalue weighted by Crippen LogP contribution is 2.26. The number of carbonyl (C=O) groups is 1. The first-order valence-corrected chi connectivity index (χ1v) is 8.46. The summed E-state index contributed by atoms with van der Waals surface area (Å²) in [7, 11) is 5.10. The highest BCUT2D eigenvalue weighted by atomic mass is 33.1. The SMILES string of the molecule is CCOC(C)(C)CCSSCCCC(=O)OC. The molecule has 0 N–H and O–H groups in total. The van der Waals surface area contributed by atoms with E-state index in [9.17, 15) is 4.79 Å². The first-order valence-electron chi connectivity index (χ1n) is 5.97. The van der Waals surface area contributed by atoms with Gasteiger partial charge in [-0.15, -0.1) is 0 Å². The van der Waals surface area contributed by atoms with E-state index in [1.165, 1.54) is 7.11 Å². The van der Waals surface area contributed by atoms with E-state index in [4.69, 9.17) is 4.74 Å². The van der Waals surface area contributed by atoms with Crippen molar-refractivity contribution in [2.75, 3.05) is 25.2 Å². The Morgan fingerprint density at radius 3 is 2.47 bits per heavy atom. The minimum Gasteiger partial charge on any atom is -0.469 e. The van der Waals surface area contributed by atoms with Crippen molar-refractivity contribution in [2.24, 2.45) is 0 Å². The summed E-state index contributed by atoms with van der Waals surface area (Å²) in [5.41, 5.74) is -0.0195. The first kappa shape index (κ1) is 17.1. The Labute approximate surface area is 113 Å². The molecule has 0 radical (unpaired) electrons. The van der Waals surface area contributed by atoms with E-state index in [2.05, 4.69) is 18.6 Å². The number of carbonyl (C=O) groups excluding carboxylic acids is 1. The minimum atomic E-state index is -0.118. The molecular weight excluding hydrogens is 256 g/mol. The normalized spacial score (nSPS) is 11.5. The maximum atomic E-state index is 10.8. The second kappa shape index (κ2) is 10.1. The molecule has 17 heavy (non-hydrogen) atoms. The zero-order valence-electron chi connectivity index (χ0n) is 11.3. The van der Waals surface area contributed by atoms with Crippen LogP contribution < -0.4 is 0 Å². The molecule has 0 fully saturated rings. The molecule has 0 unspecified atom stereocenters. The molecule has 102 valence electrons. The second-order valence-electron chi connectivity index (χ2n) is 4.27. The van der Waals surface area contributed by atoms with Crippen molar-refractivity contribution in [1.29, 1.82) is 0 Å². The Kier molecular flexibility index (Phi) is 10.2. The van der Waals surface area contributed by atoms with E-state index >= 15 is 0 Å². The molecule has 0 amide bonds. The van der Waals surface area contributed by atoms with Crippen molar-refractivity contribution in [3.8, 4) is 0 Å². The summed E-state index contributed by atoms with van der Waals surface area (Å²) in [6.07, 6.45) is 2.46. The standard InChI is InChI=1S/C12H24O3S2/c1-5-15-12(2,3)8-10-17-16-9-6-7-11(13)14-4/h5-10H2,1-4H3. The number of hydrogen-bond acceptors (Lipinski definition) is 5. The Morgan fingerprint density at radius 1 is 1.24 bits per heavy atom. The van der Waals surface area contributed by atoms with E-state index in [0.717, 1.165) is 31.0 Å². The van der Waals surface area contributed by atoms with Gasteiger partial charge in [0.1, 0.15) is 0 Å². The van der Waals surface area contributed by atoms with E-state index < -0.39 is 0 Å². The third-order valence-corrected chi connectivity index (χ3v) is 4.73. The highest BCUT2D eigenvalue weighted by molar-refractivity contribution is 8.76. The van der Waals surface area contributed by atoms with Gasteiger partial charge in [-0.25, -0.2) is 0 Å². The van der Waals surface area contributed by atoms with Crippen molar-refractivity contribution < 1.29 is 14.3 Å². The summed E-state index contributed by atoms with van der Waals surface area (Å²) in [4.78, 5) is 10.8. The molecule has 0 saturated carbocycles. The van der Waals surface area contributed by atoms with Gasteiger partial charge in [0.05, 0.1) is 12.7 Å². The molecule has 0 aromatic rings. The average molecular weight is 280 g/mol. The Balaban J connectivity index is 3.32. The van der Waals surface area contributed by atoms with Crippen LogP contribution in [0.1, 0.15) is 40.0 Å². The quantitative estimate of drug-likeness (QED) is 0.347. The molecule has 0 bridgehead atoms. The van der Waals surface area contributed by atoms with Gasteiger partial charge in [0.25, 0.3) is 0 Å². The zero-order chi connectivity index (χ0) is 13.1. The highest BCUT2D eigenvalue weighted by Gasteiger charge is 2.16. The summed E-state index contributed by atoms with van der Waals surface area (Å²) in [6, 6.07) is 0. The second-order valence-corrected chi connectivity index (χ2v) is 6.97. The van der Waals surface area contributed by atoms with Crippen LogP contribution in [0.4, 0.5) is 0 Å². The van der Waals surface area contributed by atoms with Gasteiger partial charge in [-0.05, 0) is 33.6 Å². The third kappa shape index (κ3) is 11.0. The van der Waals surface area contributed by atoms with Crippen LogP contribution in [0.25, 0.3) is 0 Å². The number of esters is 1. The number of hydrogen-bond donors (Lipinski definition) is 0. The van der Waals surface area contributed by atoms with Crippen molar-refractivity contribution in [2.45, 2.75) is 45.6 Å². The van der Waals surface area contributed by atoms with Crippen LogP contribution in [-0.2, 0) is 14.3 Å². The fraction of sp³-hybridized carbons (Fsp3) is 0.917. The van der Waals surface area contributed by atoms with Crippen LogP contribution in [0.15, 0.2) is 0 Å². The molecule has 0 aliphatic carbocycles. The third-order valence-electron chi connectivity index (χ3n) is 2.24. The Morgan fingerprint density at radius 2 is 1.88 bits per heavy atom. The van der Waals surface area contributed by atoms with Crippen LogP contribution in [0.3, 0.4) is 0 Å². The van der Waals surface area contributed by atoms with Crippen LogP contribution in [0.5, 0.6) is 0 Å². The Hall–Kier alpha value is 0.130. The molecular formula is C12H24O3S2. The van der Waals surface area contributed by atoms with Gasteiger partial charge < -0.3 is 9.47 Å². The largest absolute Gasteiger partial charge is 0.469 e. The number of ether oxygens (including phenoxy) is 2. The monoisotopic (exact) mass is 280 g/mol. The lowest BCUT2D eigenvalue weighted by Crippen LogP contribution is -2.24. The first-order chi connectivity index (χ1) is 8.02. The number of methoxy groups -OCH3 is 1. The molecule has 0 saturated heterocycles. The summed E-state index contributed by atoms with van der Waals surface area (Å²) in [5, 5.41) is 0. The maximum absolute atomic E-state index is 10.8. The van der Waals surface area contributed by atoms with E-state index in [0.29, 0.717) is 6.42 Å². The van der Waals surface area contributed by atoms with Crippen molar-refractivity contribution >= 4 is 27.6 Å². The summed E-state index contributed by atoms with van der Waals surface area (Å²) in [6.45, 7) is 7.04. The maximum Gasteiger partial charge on any atom is 0.305 e. The fourth-order valence-electron chi connectivity index (χ4n) is 1.25. The van der Waals surface area contributed by atoms with Gasteiger partial charge in [-0.2, -0.15) is 0 Å². The van der Waals surface area contributed by atoms with Gasteiger partial charge in [0.2, 0.25) is 0 Å². The van der Waals surface area contributed by atoms with Crippen LogP contribution in [0, 0.1) is 0 Å². The number of rotatable bonds is 10. The smallest absolute Gasteiger partial charge is 0.305 e. The van der Waals surface area contributed by atoms with Crippen LogP contribution >= 0.6 is 21.6 Å². The topological polar surface area (TPSA) is 35.5 Å². The van der Waals surface area contributed by atoms with Gasteiger partial charge in [-0.3, -0.25) is 4.79 Å². The summed E-state index contributed by atoms with van der Waals surface area (Å²) < 4.78 is 10.2. The lowest BCUT2D eigenvalue weighted by Gasteiger charge is -2.24. The van der Waals surface area contributed by atoms with Crippen molar-refractivity contribution in [3.63, 3.8) is 0 Å². The molecule has 0 atom stereocenters. The van der Waals surface area contributed by atoms with E-state index in [1.54, 1.807) is 0 Å². The van der Waals surface area contributed by atoms with Crippen LogP contribution in [0.2, 0.25) is 0 Å². The molecule has 5 heteroatoms. The van der Waals surface area contributed by atoms with Gasteiger partial charge in [-0.1, -0.05) is 21.6 Å². The van der Waals surface area contributed by atoms with Crippen molar-refractivity contribution in [3.05, 3.63) is 0 Å². The summed E-state index contributed by atoms with van der Waals surface area (Å²) in [5.74, 6) is 1.96. The van der Waals surface area contributed by atoms with Crippen molar-refractivity contribution in [1.82, 2.24) is 0 Å². The van der Waals surface area contributed by atoms with Gasteiger partial charge >= 0.3 is 5.97 Å². The molecule has 0 aromatic carbocycles. The summed E-state index contributed by atoms with van der Waals surface area (Å²) >= 11 is 0. The lowest BCUT2D eigenvalue weighted by atomic mass is 10.1. The predicted octanol–water partition coefficient (Wildman–Crippen LogP) is 3.53. The van der Waals surface area contributed by atoms with Gasteiger partial charge in [0, 0.05) is 24.5 Å². The molecule has 0 aromatic heterocycles. The molecule has 0 spiro atoms. The van der Waals surface area contributed by atoms with Gasteiger partial charge in [0.15, 0.2) is 0 Å². The lowest BCUT2D eigenvalue weighted by molar-refractivity contribution is -0.140. The van der Waals surface area contributed by atoms with E-state index in [-0.39, 0.29) is 11.6 Å². The fourth-order valence-corrected chi connectivity index (χ4v) is 3.63. The molecule has 0 heterocycles. The molecule has 0 aliphatic heterocycles. The van der Waals surface area contributed by atoms with Crippen LogP contribution in [-0.4, -0.2) is 36.8 Å². The average Bonchev–Trinajstić information content (AvgIpc) is 2.27. The molecule has 0 aliphatic rings. The Bertz CT molecular complexity index is 208. The minimum absolute atomic E-state index is 0.0195. The molecule has 3 nitrogen and oxygen atoms in total. The van der Waals surface area contributed by atoms with E-state index in [1.807, 2.05) is 28.5 Å².